The number of nitro groups is 1. The highest BCUT2D eigenvalue weighted by molar-refractivity contribution is 7.89. The van der Waals surface area contributed by atoms with Crippen molar-refractivity contribution in [3.05, 3.63) is 69.5 Å². The van der Waals surface area contributed by atoms with E-state index in [2.05, 4.69) is 15.0 Å². The van der Waals surface area contributed by atoms with E-state index >= 15 is 0 Å². The third-order valence-corrected chi connectivity index (χ3v) is 5.12. The summed E-state index contributed by atoms with van der Waals surface area (Å²) in [5.74, 6) is 0. The Hall–Kier alpha value is -3.27. The number of nitrogens with zero attached hydrogens (tertiary/aromatic N) is 4. The average molecular weight is 373 g/mol. The van der Waals surface area contributed by atoms with E-state index in [0.717, 1.165) is 17.1 Å². The molecule has 0 saturated heterocycles. The van der Waals surface area contributed by atoms with Crippen molar-refractivity contribution in [2.24, 2.45) is 5.10 Å². The minimum Gasteiger partial charge on any atom is -0.258 e. The maximum Gasteiger partial charge on any atom is 0.277 e. The molecule has 1 aromatic carbocycles. The maximum atomic E-state index is 12.4. The number of rotatable bonds is 5. The fourth-order valence-electron chi connectivity index (χ4n) is 2.41. The number of nitrogens with one attached hydrogen (secondary N) is 1. The number of nitro benzene ring substituents is 1. The van der Waals surface area contributed by atoms with Gasteiger partial charge >= 0.3 is 0 Å². The van der Waals surface area contributed by atoms with Crippen LogP contribution in [0, 0.1) is 24.0 Å². The van der Waals surface area contributed by atoms with Crippen LogP contribution >= 0.6 is 0 Å². The number of sulfonamides is 1. The highest BCUT2D eigenvalue weighted by Gasteiger charge is 2.20. The summed E-state index contributed by atoms with van der Waals surface area (Å²) in [5, 5.41) is 18.8. The van der Waals surface area contributed by atoms with Crippen molar-refractivity contribution < 1.29 is 13.3 Å². The van der Waals surface area contributed by atoms with Gasteiger partial charge in [0.05, 0.1) is 27.7 Å². The first-order valence-corrected chi connectivity index (χ1v) is 9.00. The van der Waals surface area contributed by atoms with Gasteiger partial charge in [-0.05, 0) is 37.1 Å². The second-order valence-corrected chi connectivity index (χ2v) is 7.32. The zero-order chi connectivity index (χ0) is 18.9. The molecule has 134 valence electrons. The Kier molecular flexibility index (Phi) is 4.43. The van der Waals surface area contributed by atoms with Crippen LogP contribution in [-0.2, 0) is 10.0 Å². The number of hydrogen-bond acceptors (Lipinski definition) is 6. The van der Waals surface area contributed by atoms with E-state index in [1.807, 2.05) is 19.1 Å². The fourth-order valence-corrected chi connectivity index (χ4v) is 3.47. The van der Waals surface area contributed by atoms with Crippen molar-refractivity contribution >= 4 is 27.4 Å². The van der Waals surface area contributed by atoms with Gasteiger partial charge < -0.3 is 0 Å². The number of non-ortho nitro benzene ring substituents is 1. The number of pyridine rings is 1. The molecule has 0 fully saturated rings. The molecule has 0 aliphatic carbocycles. The minimum absolute atomic E-state index is 0.195. The van der Waals surface area contributed by atoms with Gasteiger partial charge in [0.1, 0.15) is 0 Å². The number of fused-ring (bicyclic) bond motifs is 1. The minimum atomic E-state index is -4.04. The Bertz CT molecular complexity index is 1130. The molecular weight excluding hydrogens is 358 g/mol. The first-order chi connectivity index (χ1) is 12.3. The van der Waals surface area contributed by atoms with Gasteiger partial charge in [0.15, 0.2) is 0 Å². The van der Waals surface area contributed by atoms with Gasteiger partial charge in [0.25, 0.3) is 15.7 Å². The zero-order valence-corrected chi connectivity index (χ0v) is 14.8. The van der Waals surface area contributed by atoms with Crippen LogP contribution in [0.3, 0.4) is 0 Å². The molecule has 26 heavy (non-hydrogen) atoms. The predicted octanol–water partition coefficient (Wildman–Crippen LogP) is 2.17. The molecular formula is C16H15N5O4S. The molecule has 0 atom stereocenters. The summed E-state index contributed by atoms with van der Waals surface area (Å²) in [5.41, 5.74) is 2.51. The fraction of sp³-hybridized carbons (Fsp3) is 0.125. The first kappa shape index (κ1) is 17.5. The SMILES string of the molecule is Cc1ccn2ncc(/C=N/NS(=O)(=O)c3cc([N+](=O)[O-])ccc3C)c2c1. The lowest BCUT2D eigenvalue weighted by atomic mass is 10.2. The Morgan fingerprint density at radius 2 is 2.04 bits per heavy atom. The highest BCUT2D eigenvalue weighted by atomic mass is 32.2. The van der Waals surface area contributed by atoms with Gasteiger partial charge in [-0.15, -0.1) is 0 Å². The van der Waals surface area contributed by atoms with E-state index in [1.165, 1.54) is 18.3 Å². The summed E-state index contributed by atoms with van der Waals surface area (Å²) in [6.07, 6.45) is 4.69. The standard InChI is InChI=1S/C16H15N5O4S/c1-11-5-6-20-15(7-11)13(10-18-20)9-17-19-26(24,25)16-8-14(21(22)23)4-3-12(16)2/h3-10,19H,1-2H3/b17-9+. The van der Waals surface area contributed by atoms with Crippen LogP contribution in [0.25, 0.3) is 5.52 Å². The summed E-state index contributed by atoms with van der Waals surface area (Å²) >= 11 is 0. The van der Waals surface area contributed by atoms with Crippen molar-refractivity contribution in [3.8, 4) is 0 Å². The predicted molar refractivity (Wildman–Crippen MR) is 95.7 cm³/mol. The van der Waals surface area contributed by atoms with E-state index < -0.39 is 14.9 Å². The smallest absolute Gasteiger partial charge is 0.258 e. The molecule has 10 heteroatoms. The average Bonchev–Trinajstić information content (AvgIpc) is 2.97. The number of hydrazone groups is 1. The third kappa shape index (κ3) is 3.40. The second-order valence-electron chi connectivity index (χ2n) is 5.69. The lowest BCUT2D eigenvalue weighted by Crippen LogP contribution is -2.19. The van der Waals surface area contributed by atoms with Crippen LogP contribution in [0.5, 0.6) is 0 Å². The molecule has 0 radical (unpaired) electrons. The van der Waals surface area contributed by atoms with Crippen LogP contribution in [0.4, 0.5) is 5.69 Å². The highest BCUT2D eigenvalue weighted by Crippen LogP contribution is 2.21. The number of aromatic nitrogens is 2. The van der Waals surface area contributed by atoms with Gasteiger partial charge in [-0.25, -0.2) is 9.35 Å². The maximum absolute atomic E-state index is 12.4. The van der Waals surface area contributed by atoms with Crippen LogP contribution in [0.15, 0.2) is 52.7 Å². The largest absolute Gasteiger partial charge is 0.277 e. The molecule has 3 rings (SSSR count). The summed E-state index contributed by atoms with van der Waals surface area (Å²) in [6.45, 7) is 3.48. The van der Waals surface area contributed by atoms with Gasteiger partial charge in [0, 0.05) is 23.9 Å². The summed E-state index contributed by atoms with van der Waals surface area (Å²) in [6, 6.07) is 7.43. The van der Waals surface area contributed by atoms with Crippen LogP contribution in [0.1, 0.15) is 16.7 Å². The lowest BCUT2D eigenvalue weighted by Gasteiger charge is -2.06. The molecule has 0 aliphatic heterocycles. The molecule has 0 aliphatic rings. The van der Waals surface area contributed by atoms with E-state index in [0.29, 0.717) is 11.1 Å². The van der Waals surface area contributed by atoms with Gasteiger partial charge in [-0.1, -0.05) is 6.07 Å². The van der Waals surface area contributed by atoms with Crippen molar-refractivity contribution in [2.45, 2.75) is 18.7 Å². The Balaban J connectivity index is 1.88. The van der Waals surface area contributed by atoms with Crippen molar-refractivity contribution in [1.29, 1.82) is 0 Å². The topological polar surface area (TPSA) is 119 Å². The van der Waals surface area contributed by atoms with Crippen molar-refractivity contribution in [2.75, 3.05) is 0 Å². The molecule has 0 spiro atoms. The summed E-state index contributed by atoms with van der Waals surface area (Å²) in [4.78, 5) is 12.1. The first-order valence-electron chi connectivity index (χ1n) is 7.52. The molecule has 2 heterocycles. The number of hydrogen-bond donors (Lipinski definition) is 1. The Morgan fingerprint density at radius 1 is 1.27 bits per heavy atom. The lowest BCUT2D eigenvalue weighted by molar-refractivity contribution is -0.385. The quantitative estimate of drug-likeness (QED) is 0.418. The Labute approximate surface area is 149 Å². The molecule has 1 N–H and O–H groups in total. The molecule has 0 unspecified atom stereocenters. The van der Waals surface area contributed by atoms with Gasteiger partial charge in [0.2, 0.25) is 0 Å². The van der Waals surface area contributed by atoms with Crippen LogP contribution in [-0.4, -0.2) is 29.2 Å². The second kappa shape index (κ2) is 6.56. The molecule has 0 saturated carbocycles. The summed E-state index contributed by atoms with van der Waals surface area (Å²) < 4.78 is 26.5. The van der Waals surface area contributed by atoms with Crippen LogP contribution < -0.4 is 4.83 Å². The van der Waals surface area contributed by atoms with E-state index in [-0.39, 0.29) is 10.6 Å². The Morgan fingerprint density at radius 3 is 2.77 bits per heavy atom. The normalized spacial score (nSPS) is 11.9. The number of benzene rings is 1. The monoisotopic (exact) mass is 373 g/mol. The van der Waals surface area contributed by atoms with Crippen molar-refractivity contribution in [1.82, 2.24) is 14.4 Å². The molecule has 9 nitrogen and oxygen atoms in total. The molecule has 0 bridgehead atoms. The van der Waals surface area contributed by atoms with E-state index in [1.54, 1.807) is 23.8 Å². The zero-order valence-electron chi connectivity index (χ0n) is 13.9. The van der Waals surface area contributed by atoms with E-state index in [4.69, 9.17) is 0 Å². The molecule has 3 aromatic rings. The number of aryl methyl sites for hydroxylation is 2. The van der Waals surface area contributed by atoms with E-state index in [9.17, 15) is 18.5 Å². The molecule has 0 amide bonds. The van der Waals surface area contributed by atoms with Gasteiger partial charge in [-0.3, -0.25) is 10.1 Å². The third-order valence-electron chi connectivity index (χ3n) is 3.76. The summed E-state index contributed by atoms with van der Waals surface area (Å²) in [7, 11) is -4.04. The molecule has 2 aromatic heterocycles. The van der Waals surface area contributed by atoms with Gasteiger partial charge in [-0.2, -0.15) is 18.6 Å². The van der Waals surface area contributed by atoms with Crippen LogP contribution in [0.2, 0.25) is 0 Å². The van der Waals surface area contributed by atoms with Crippen molar-refractivity contribution in [3.63, 3.8) is 0 Å².